The van der Waals surface area contributed by atoms with Crippen LogP contribution in [0.3, 0.4) is 0 Å². The smallest absolute Gasteiger partial charge is 0.123 e. The monoisotopic (exact) mass is 245 g/mol. The van der Waals surface area contributed by atoms with Crippen molar-refractivity contribution in [3.8, 4) is 0 Å². The van der Waals surface area contributed by atoms with E-state index in [-0.39, 0.29) is 5.82 Å². The summed E-state index contributed by atoms with van der Waals surface area (Å²) in [7, 11) is 0. The van der Waals surface area contributed by atoms with Crippen LogP contribution in [-0.4, -0.2) is 10.1 Å². The number of halogens is 1. The molecule has 0 saturated carbocycles. The van der Waals surface area contributed by atoms with Crippen molar-refractivity contribution in [2.75, 3.05) is 0 Å². The molecule has 1 aromatic carbocycles. The molecule has 0 saturated heterocycles. The van der Waals surface area contributed by atoms with Crippen LogP contribution in [0, 0.1) is 26.6 Å². The van der Waals surface area contributed by atoms with Gasteiger partial charge in [-0.25, -0.2) is 4.39 Å². The van der Waals surface area contributed by atoms with Crippen molar-refractivity contribution in [2.45, 2.75) is 26.9 Å². The number of aliphatic hydroxyl groups is 1. The predicted molar refractivity (Wildman–Crippen MR) is 68.9 cm³/mol. The summed E-state index contributed by atoms with van der Waals surface area (Å²) < 4.78 is 13.3. The SMILES string of the molecule is Cc1cc(F)cc(C(O)c2ccc(C)nc2C)c1. The van der Waals surface area contributed by atoms with Crippen molar-refractivity contribution >= 4 is 0 Å². The first-order valence-electron chi connectivity index (χ1n) is 5.86. The Balaban J connectivity index is 2.44. The minimum atomic E-state index is -0.840. The van der Waals surface area contributed by atoms with E-state index in [1.165, 1.54) is 12.1 Å². The van der Waals surface area contributed by atoms with Gasteiger partial charge >= 0.3 is 0 Å². The summed E-state index contributed by atoms with van der Waals surface area (Å²) in [5.41, 5.74) is 3.73. The largest absolute Gasteiger partial charge is 0.384 e. The predicted octanol–water partition coefficient (Wildman–Crippen LogP) is 3.23. The average Bonchev–Trinajstić information content (AvgIpc) is 2.26. The zero-order chi connectivity index (χ0) is 13.3. The third kappa shape index (κ3) is 2.57. The Morgan fingerprint density at radius 1 is 1.11 bits per heavy atom. The first kappa shape index (κ1) is 12.7. The van der Waals surface area contributed by atoms with Gasteiger partial charge in [-0.15, -0.1) is 0 Å². The minimum absolute atomic E-state index is 0.332. The van der Waals surface area contributed by atoms with Gasteiger partial charge < -0.3 is 5.11 Å². The fourth-order valence-electron chi connectivity index (χ4n) is 2.09. The summed E-state index contributed by atoms with van der Waals surface area (Å²) in [6.45, 7) is 5.55. The molecule has 0 fully saturated rings. The van der Waals surface area contributed by atoms with Crippen LogP contribution < -0.4 is 0 Å². The Kier molecular flexibility index (Phi) is 3.43. The van der Waals surface area contributed by atoms with Gasteiger partial charge in [0.15, 0.2) is 0 Å². The second kappa shape index (κ2) is 4.86. The van der Waals surface area contributed by atoms with Crippen LogP contribution in [-0.2, 0) is 0 Å². The highest BCUT2D eigenvalue weighted by atomic mass is 19.1. The molecule has 94 valence electrons. The first-order chi connectivity index (χ1) is 8.47. The molecule has 0 aliphatic heterocycles. The number of hydrogen-bond acceptors (Lipinski definition) is 2. The molecule has 18 heavy (non-hydrogen) atoms. The number of aromatic nitrogens is 1. The second-order valence-corrected chi connectivity index (χ2v) is 4.59. The summed E-state index contributed by atoms with van der Waals surface area (Å²) in [6.07, 6.45) is -0.840. The van der Waals surface area contributed by atoms with Crippen molar-refractivity contribution in [1.82, 2.24) is 4.98 Å². The Labute approximate surface area is 106 Å². The molecule has 0 amide bonds. The van der Waals surface area contributed by atoms with Crippen LogP contribution in [0.2, 0.25) is 0 Å². The highest BCUT2D eigenvalue weighted by Gasteiger charge is 2.14. The molecule has 1 unspecified atom stereocenters. The molecule has 0 radical (unpaired) electrons. The third-order valence-corrected chi connectivity index (χ3v) is 2.94. The molecule has 0 aliphatic carbocycles. The second-order valence-electron chi connectivity index (χ2n) is 4.59. The summed E-state index contributed by atoms with van der Waals surface area (Å²) in [5.74, 6) is -0.332. The number of nitrogens with zero attached hydrogens (tertiary/aromatic N) is 1. The molecule has 0 aliphatic rings. The van der Waals surface area contributed by atoms with Crippen molar-refractivity contribution in [3.63, 3.8) is 0 Å². The van der Waals surface area contributed by atoms with Crippen LogP contribution in [0.1, 0.15) is 34.2 Å². The number of benzene rings is 1. The Hall–Kier alpha value is -1.74. The van der Waals surface area contributed by atoms with E-state index < -0.39 is 6.10 Å². The van der Waals surface area contributed by atoms with Gasteiger partial charge in [-0.05, 0) is 50.1 Å². The van der Waals surface area contributed by atoms with E-state index in [4.69, 9.17) is 0 Å². The minimum Gasteiger partial charge on any atom is -0.384 e. The van der Waals surface area contributed by atoms with Gasteiger partial charge in [0.1, 0.15) is 11.9 Å². The number of hydrogen-bond donors (Lipinski definition) is 1. The lowest BCUT2D eigenvalue weighted by molar-refractivity contribution is 0.218. The lowest BCUT2D eigenvalue weighted by Gasteiger charge is -2.14. The van der Waals surface area contributed by atoms with Gasteiger partial charge in [-0.2, -0.15) is 0 Å². The number of rotatable bonds is 2. The fraction of sp³-hybridized carbons (Fsp3) is 0.267. The van der Waals surface area contributed by atoms with Crippen molar-refractivity contribution in [1.29, 1.82) is 0 Å². The van der Waals surface area contributed by atoms with Crippen molar-refractivity contribution in [3.05, 3.63) is 64.2 Å². The van der Waals surface area contributed by atoms with E-state index in [0.717, 1.165) is 17.0 Å². The first-order valence-corrected chi connectivity index (χ1v) is 5.86. The van der Waals surface area contributed by atoms with E-state index in [0.29, 0.717) is 11.1 Å². The van der Waals surface area contributed by atoms with E-state index in [1.807, 2.05) is 26.0 Å². The van der Waals surface area contributed by atoms with Crippen LogP contribution >= 0.6 is 0 Å². The van der Waals surface area contributed by atoms with E-state index in [9.17, 15) is 9.50 Å². The number of pyridine rings is 1. The maximum absolute atomic E-state index is 13.3. The Morgan fingerprint density at radius 2 is 1.83 bits per heavy atom. The summed E-state index contributed by atoms with van der Waals surface area (Å²) in [6, 6.07) is 8.26. The van der Waals surface area contributed by atoms with Gasteiger partial charge in [-0.3, -0.25) is 4.98 Å². The summed E-state index contributed by atoms with van der Waals surface area (Å²) >= 11 is 0. The Morgan fingerprint density at radius 3 is 2.44 bits per heavy atom. The van der Waals surface area contributed by atoms with Crippen molar-refractivity contribution in [2.24, 2.45) is 0 Å². The molecule has 3 heteroatoms. The summed E-state index contributed by atoms with van der Waals surface area (Å²) in [4.78, 5) is 4.31. The molecule has 0 bridgehead atoms. The molecule has 1 aromatic heterocycles. The van der Waals surface area contributed by atoms with E-state index in [1.54, 1.807) is 13.0 Å². The highest BCUT2D eigenvalue weighted by molar-refractivity contribution is 5.35. The quantitative estimate of drug-likeness (QED) is 0.881. The van der Waals surface area contributed by atoms with Crippen LogP contribution in [0.25, 0.3) is 0 Å². The lowest BCUT2D eigenvalue weighted by Crippen LogP contribution is -2.05. The summed E-state index contributed by atoms with van der Waals surface area (Å²) in [5, 5.41) is 10.3. The van der Waals surface area contributed by atoms with Gasteiger partial charge in [-0.1, -0.05) is 12.1 Å². The molecule has 2 rings (SSSR count). The van der Waals surface area contributed by atoms with Crippen molar-refractivity contribution < 1.29 is 9.50 Å². The maximum Gasteiger partial charge on any atom is 0.123 e. The zero-order valence-electron chi connectivity index (χ0n) is 10.7. The maximum atomic E-state index is 13.3. The van der Waals surface area contributed by atoms with Gasteiger partial charge in [0.05, 0.1) is 0 Å². The number of aryl methyl sites for hydroxylation is 3. The highest BCUT2D eigenvalue weighted by Crippen LogP contribution is 2.25. The molecular formula is C15H16FNO. The van der Waals surface area contributed by atoms with Gasteiger partial charge in [0.25, 0.3) is 0 Å². The van der Waals surface area contributed by atoms with Gasteiger partial charge in [0, 0.05) is 17.0 Å². The molecule has 1 atom stereocenters. The molecule has 1 N–H and O–H groups in total. The Bertz CT molecular complexity index is 560. The normalized spacial score (nSPS) is 12.5. The number of aliphatic hydroxyl groups excluding tert-OH is 1. The molecular weight excluding hydrogens is 229 g/mol. The molecule has 1 heterocycles. The third-order valence-electron chi connectivity index (χ3n) is 2.94. The van der Waals surface area contributed by atoms with Crippen LogP contribution in [0.5, 0.6) is 0 Å². The standard InChI is InChI=1S/C15H16FNO/c1-9-6-12(8-13(16)7-9)15(18)14-5-4-10(2)17-11(14)3/h4-8,15,18H,1-3H3. The van der Waals surface area contributed by atoms with Crippen LogP contribution in [0.4, 0.5) is 4.39 Å². The lowest BCUT2D eigenvalue weighted by atomic mass is 9.98. The molecule has 0 spiro atoms. The van der Waals surface area contributed by atoms with Crippen LogP contribution in [0.15, 0.2) is 30.3 Å². The van der Waals surface area contributed by atoms with E-state index in [2.05, 4.69) is 4.98 Å². The van der Waals surface area contributed by atoms with E-state index >= 15 is 0 Å². The zero-order valence-corrected chi connectivity index (χ0v) is 10.7. The average molecular weight is 245 g/mol. The fourth-order valence-corrected chi connectivity index (χ4v) is 2.09. The van der Waals surface area contributed by atoms with Gasteiger partial charge in [0.2, 0.25) is 0 Å². The topological polar surface area (TPSA) is 33.1 Å². The molecule has 2 aromatic rings. The molecule has 2 nitrogen and oxygen atoms in total.